The zero-order valence-electron chi connectivity index (χ0n) is 10.4. The van der Waals surface area contributed by atoms with Crippen molar-refractivity contribution in [2.45, 2.75) is 0 Å². The molecule has 4 heteroatoms. The Morgan fingerprint density at radius 2 is 1.74 bits per heavy atom. The molecule has 0 unspecified atom stereocenters. The lowest BCUT2D eigenvalue weighted by Gasteiger charge is -2.18. The van der Waals surface area contributed by atoms with Crippen molar-refractivity contribution >= 4 is 11.7 Å². The minimum atomic E-state index is -0.0795. The van der Waals surface area contributed by atoms with E-state index in [1.807, 2.05) is 54.6 Å². The number of rotatable bonds is 3. The second-order valence-corrected chi connectivity index (χ2v) is 4.27. The Kier molecular flexibility index (Phi) is 3.06. The summed E-state index contributed by atoms with van der Waals surface area (Å²) in [6.07, 6.45) is 0. The lowest BCUT2D eigenvalue weighted by molar-refractivity contribution is 0.252. The molecule has 2 amide bonds. The normalized spacial score (nSPS) is 14.3. The highest BCUT2D eigenvalue weighted by Gasteiger charge is 2.23. The van der Waals surface area contributed by atoms with Crippen molar-refractivity contribution in [2.24, 2.45) is 0 Å². The summed E-state index contributed by atoms with van der Waals surface area (Å²) in [6, 6.07) is 17.0. The monoisotopic (exact) mass is 254 g/mol. The molecular formula is C15H14N2O2. The molecule has 2 aromatic rings. The summed E-state index contributed by atoms with van der Waals surface area (Å²) < 4.78 is 5.85. The molecule has 0 saturated carbocycles. The van der Waals surface area contributed by atoms with Gasteiger partial charge in [-0.25, -0.2) is 4.79 Å². The zero-order chi connectivity index (χ0) is 13.1. The maximum absolute atomic E-state index is 11.7. The topological polar surface area (TPSA) is 41.6 Å². The van der Waals surface area contributed by atoms with Crippen molar-refractivity contribution in [3.05, 3.63) is 54.6 Å². The Morgan fingerprint density at radius 1 is 1.00 bits per heavy atom. The standard InChI is InChI=1S/C15H14N2O2/c18-15-16-10-11-17(15)13-8-4-5-9-14(13)19-12-6-2-1-3-7-12/h1-9H,10-11H2,(H,16,18). The maximum Gasteiger partial charge on any atom is 0.322 e. The van der Waals surface area contributed by atoms with Gasteiger partial charge in [0.1, 0.15) is 5.75 Å². The summed E-state index contributed by atoms with van der Waals surface area (Å²) in [5.41, 5.74) is 0.793. The minimum absolute atomic E-state index is 0.0795. The van der Waals surface area contributed by atoms with E-state index in [9.17, 15) is 4.79 Å². The Balaban J connectivity index is 1.91. The third-order valence-corrected chi connectivity index (χ3v) is 2.98. The van der Waals surface area contributed by atoms with Gasteiger partial charge in [0.25, 0.3) is 0 Å². The van der Waals surface area contributed by atoms with Crippen LogP contribution in [0.4, 0.5) is 10.5 Å². The van der Waals surface area contributed by atoms with Crippen molar-refractivity contribution in [3.8, 4) is 11.5 Å². The fraction of sp³-hybridized carbons (Fsp3) is 0.133. The SMILES string of the molecule is O=C1NCCN1c1ccccc1Oc1ccccc1. The summed E-state index contributed by atoms with van der Waals surface area (Å²) in [4.78, 5) is 13.4. The minimum Gasteiger partial charge on any atom is -0.455 e. The molecule has 1 heterocycles. The number of benzene rings is 2. The number of hydrogen-bond donors (Lipinski definition) is 1. The number of hydrogen-bond acceptors (Lipinski definition) is 2. The number of para-hydroxylation sites is 3. The molecule has 1 aliphatic rings. The smallest absolute Gasteiger partial charge is 0.322 e. The van der Waals surface area contributed by atoms with Crippen LogP contribution in [0.5, 0.6) is 11.5 Å². The lowest BCUT2D eigenvalue weighted by Crippen LogP contribution is -2.27. The summed E-state index contributed by atoms with van der Waals surface area (Å²) in [5, 5.41) is 2.79. The van der Waals surface area contributed by atoms with Gasteiger partial charge in [-0.15, -0.1) is 0 Å². The maximum atomic E-state index is 11.7. The first-order chi connectivity index (χ1) is 9.34. The number of carbonyl (C=O) groups is 1. The molecule has 1 saturated heterocycles. The number of nitrogens with zero attached hydrogens (tertiary/aromatic N) is 1. The summed E-state index contributed by atoms with van der Waals surface area (Å²) in [5.74, 6) is 1.44. The third-order valence-electron chi connectivity index (χ3n) is 2.98. The molecule has 0 spiro atoms. The van der Waals surface area contributed by atoms with Crippen LogP contribution in [0, 0.1) is 0 Å². The van der Waals surface area contributed by atoms with Crippen LogP contribution in [0.1, 0.15) is 0 Å². The first kappa shape index (κ1) is 11.6. The fourth-order valence-electron chi connectivity index (χ4n) is 2.08. The van der Waals surface area contributed by atoms with Gasteiger partial charge >= 0.3 is 6.03 Å². The van der Waals surface area contributed by atoms with E-state index in [0.717, 1.165) is 11.4 Å². The first-order valence-corrected chi connectivity index (χ1v) is 6.22. The summed E-state index contributed by atoms with van der Waals surface area (Å²) >= 11 is 0. The third kappa shape index (κ3) is 2.38. The molecule has 4 nitrogen and oxygen atoms in total. The van der Waals surface area contributed by atoms with Crippen molar-refractivity contribution in [1.29, 1.82) is 0 Å². The molecule has 0 atom stereocenters. The molecule has 1 aliphatic heterocycles. The van der Waals surface area contributed by atoms with E-state index in [-0.39, 0.29) is 6.03 Å². The first-order valence-electron chi connectivity index (χ1n) is 6.22. The van der Waals surface area contributed by atoms with Crippen LogP contribution in [0.3, 0.4) is 0 Å². The van der Waals surface area contributed by atoms with E-state index in [2.05, 4.69) is 5.32 Å². The summed E-state index contributed by atoms with van der Waals surface area (Å²) in [6.45, 7) is 1.33. The van der Waals surface area contributed by atoms with Crippen LogP contribution < -0.4 is 15.0 Å². The molecule has 1 fully saturated rings. The van der Waals surface area contributed by atoms with Crippen LogP contribution in [0.25, 0.3) is 0 Å². The summed E-state index contributed by atoms with van der Waals surface area (Å²) in [7, 11) is 0. The second kappa shape index (κ2) is 5.02. The van der Waals surface area contributed by atoms with Gasteiger partial charge in [0.15, 0.2) is 5.75 Å². The molecule has 0 aromatic heterocycles. The van der Waals surface area contributed by atoms with Crippen LogP contribution in [-0.4, -0.2) is 19.1 Å². The lowest BCUT2D eigenvalue weighted by atomic mass is 10.2. The van der Waals surface area contributed by atoms with Gasteiger partial charge in [0.2, 0.25) is 0 Å². The van der Waals surface area contributed by atoms with Gasteiger partial charge in [0, 0.05) is 13.1 Å². The van der Waals surface area contributed by atoms with Crippen molar-refractivity contribution in [3.63, 3.8) is 0 Å². The van der Waals surface area contributed by atoms with Gasteiger partial charge in [0.05, 0.1) is 5.69 Å². The average molecular weight is 254 g/mol. The molecule has 0 radical (unpaired) electrons. The Labute approximate surface area is 111 Å². The van der Waals surface area contributed by atoms with Gasteiger partial charge in [-0.1, -0.05) is 30.3 Å². The molecule has 3 rings (SSSR count). The number of anilines is 1. The highest BCUT2D eigenvalue weighted by atomic mass is 16.5. The number of nitrogens with one attached hydrogen (secondary N) is 1. The highest BCUT2D eigenvalue weighted by molar-refractivity contribution is 5.95. The van der Waals surface area contributed by atoms with Gasteiger partial charge in [-0.05, 0) is 24.3 Å². The highest BCUT2D eigenvalue weighted by Crippen LogP contribution is 2.32. The van der Waals surface area contributed by atoms with Crippen LogP contribution >= 0.6 is 0 Å². The van der Waals surface area contributed by atoms with E-state index in [1.54, 1.807) is 4.90 Å². The Morgan fingerprint density at radius 3 is 2.47 bits per heavy atom. The van der Waals surface area contributed by atoms with Crippen molar-refractivity contribution in [1.82, 2.24) is 5.32 Å². The average Bonchev–Trinajstić information content (AvgIpc) is 2.87. The second-order valence-electron chi connectivity index (χ2n) is 4.27. The molecule has 2 aromatic carbocycles. The van der Waals surface area contributed by atoms with Gasteiger partial charge < -0.3 is 10.1 Å². The number of amides is 2. The largest absolute Gasteiger partial charge is 0.455 e. The van der Waals surface area contributed by atoms with Gasteiger partial charge in [-0.3, -0.25) is 4.90 Å². The molecule has 1 N–H and O–H groups in total. The predicted octanol–water partition coefficient (Wildman–Crippen LogP) is 3.01. The molecule has 19 heavy (non-hydrogen) atoms. The zero-order valence-corrected chi connectivity index (χ0v) is 10.4. The van der Waals surface area contributed by atoms with E-state index in [1.165, 1.54) is 0 Å². The van der Waals surface area contributed by atoms with E-state index in [4.69, 9.17) is 4.74 Å². The van der Waals surface area contributed by atoms with E-state index < -0.39 is 0 Å². The van der Waals surface area contributed by atoms with Crippen LogP contribution in [0.2, 0.25) is 0 Å². The number of carbonyl (C=O) groups excluding carboxylic acids is 1. The Bertz CT molecular complexity index is 584. The molecule has 96 valence electrons. The number of urea groups is 1. The van der Waals surface area contributed by atoms with E-state index >= 15 is 0 Å². The fourth-order valence-corrected chi connectivity index (χ4v) is 2.08. The quantitative estimate of drug-likeness (QED) is 0.914. The molecular weight excluding hydrogens is 240 g/mol. The Hall–Kier alpha value is -2.49. The molecule has 0 aliphatic carbocycles. The van der Waals surface area contributed by atoms with Crippen LogP contribution in [-0.2, 0) is 0 Å². The predicted molar refractivity (Wildman–Crippen MR) is 73.7 cm³/mol. The van der Waals surface area contributed by atoms with Crippen molar-refractivity contribution < 1.29 is 9.53 Å². The molecule has 0 bridgehead atoms. The number of ether oxygens (including phenoxy) is 1. The van der Waals surface area contributed by atoms with E-state index in [0.29, 0.717) is 18.8 Å². The van der Waals surface area contributed by atoms with Crippen LogP contribution in [0.15, 0.2) is 54.6 Å². The van der Waals surface area contributed by atoms with Gasteiger partial charge in [-0.2, -0.15) is 0 Å². The van der Waals surface area contributed by atoms with Crippen molar-refractivity contribution in [2.75, 3.05) is 18.0 Å².